The first kappa shape index (κ1) is 29.6. The molecule has 2 fully saturated rings. The van der Waals surface area contributed by atoms with E-state index in [1.807, 2.05) is 47.6 Å². The third kappa shape index (κ3) is 8.82. The van der Waals surface area contributed by atoms with Crippen molar-refractivity contribution in [1.29, 1.82) is 0 Å². The van der Waals surface area contributed by atoms with Crippen molar-refractivity contribution in [2.75, 3.05) is 11.9 Å². The maximum Gasteiger partial charge on any atom is 0.438 e. The molecule has 2 N–H and O–H groups in total. The molecule has 0 bridgehead atoms. The van der Waals surface area contributed by atoms with Crippen molar-refractivity contribution in [3.8, 4) is 11.8 Å². The number of carbonyl (C=O) groups is 2. The predicted octanol–water partition coefficient (Wildman–Crippen LogP) is 6.40. The van der Waals surface area contributed by atoms with Gasteiger partial charge in [0.25, 0.3) is 0 Å². The number of anilines is 1. The molecule has 0 unspecified atom stereocenters. The monoisotopic (exact) mass is 556 g/mol. The van der Waals surface area contributed by atoms with Crippen LogP contribution in [0.3, 0.4) is 0 Å². The van der Waals surface area contributed by atoms with E-state index >= 15 is 0 Å². The minimum atomic E-state index is -0.662. The van der Waals surface area contributed by atoms with Crippen LogP contribution in [0, 0.1) is 5.92 Å². The van der Waals surface area contributed by atoms with Crippen LogP contribution < -0.4 is 15.4 Å². The van der Waals surface area contributed by atoms with Crippen molar-refractivity contribution >= 4 is 18.1 Å². The third-order valence-electron chi connectivity index (χ3n) is 6.99. The molecule has 2 aliphatic carbocycles. The van der Waals surface area contributed by atoms with E-state index in [1.165, 1.54) is 4.68 Å². The SMILES string of the molecule is CC(C)(C)OC(=O)NC1CCC(CNc2nccc(Oc3cc(C4CCCC4)nn3C(=O)OC(C)(C)C)n2)CC1. The van der Waals surface area contributed by atoms with Gasteiger partial charge in [0.05, 0.1) is 5.69 Å². The molecule has 2 aromatic rings. The number of hydrogen-bond acceptors (Lipinski definition) is 9. The Morgan fingerprint density at radius 2 is 1.65 bits per heavy atom. The maximum atomic E-state index is 12.9. The Kier molecular flexibility index (Phi) is 9.20. The van der Waals surface area contributed by atoms with Crippen LogP contribution in [-0.2, 0) is 9.47 Å². The van der Waals surface area contributed by atoms with E-state index in [4.69, 9.17) is 14.2 Å². The fourth-order valence-electron chi connectivity index (χ4n) is 5.12. The fraction of sp³-hybridized carbons (Fsp3) is 0.690. The van der Waals surface area contributed by atoms with Gasteiger partial charge in [-0.25, -0.2) is 14.6 Å². The van der Waals surface area contributed by atoms with Crippen molar-refractivity contribution < 1.29 is 23.8 Å². The molecule has 1 amide bonds. The van der Waals surface area contributed by atoms with Crippen LogP contribution in [0.5, 0.6) is 11.8 Å². The average molecular weight is 557 g/mol. The number of rotatable bonds is 7. The van der Waals surface area contributed by atoms with Crippen molar-refractivity contribution in [3.05, 3.63) is 24.0 Å². The number of nitrogens with zero attached hydrogens (tertiary/aromatic N) is 4. The zero-order valence-electron chi connectivity index (χ0n) is 24.7. The molecule has 220 valence electrons. The average Bonchev–Trinajstić information content (AvgIpc) is 3.52. The number of aromatic nitrogens is 4. The van der Waals surface area contributed by atoms with E-state index in [-0.39, 0.29) is 18.0 Å². The van der Waals surface area contributed by atoms with Crippen LogP contribution in [0.15, 0.2) is 18.3 Å². The van der Waals surface area contributed by atoms with Gasteiger partial charge in [0, 0.05) is 36.8 Å². The summed E-state index contributed by atoms with van der Waals surface area (Å²) in [5, 5.41) is 10.9. The quantitative estimate of drug-likeness (QED) is 0.398. The molecule has 0 radical (unpaired) electrons. The summed E-state index contributed by atoms with van der Waals surface area (Å²) >= 11 is 0. The summed E-state index contributed by atoms with van der Waals surface area (Å²) in [5.74, 6) is 1.78. The second-order valence-electron chi connectivity index (χ2n) is 12.8. The fourth-order valence-corrected chi connectivity index (χ4v) is 5.12. The molecule has 4 rings (SSSR count). The van der Waals surface area contributed by atoms with Crippen LogP contribution in [0.25, 0.3) is 0 Å². The molecule has 0 aliphatic heterocycles. The molecule has 0 spiro atoms. The van der Waals surface area contributed by atoms with Crippen molar-refractivity contribution in [2.45, 2.75) is 116 Å². The summed E-state index contributed by atoms with van der Waals surface area (Å²) in [6.07, 6.45) is 8.83. The summed E-state index contributed by atoms with van der Waals surface area (Å²) in [7, 11) is 0. The number of hydrogen-bond donors (Lipinski definition) is 2. The second-order valence-corrected chi connectivity index (χ2v) is 12.8. The smallest absolute Gasteiger partial charge is 0.438 e. The summed E-state index contributed by atoms with van der Waals surface area (Å²) in [5.41, 5.74) is -0.329. The van der Waals surface area contributed by atoms with Crippen LogP contribution in [0.2, 0.25) is 0 Å². The largest absolute Gasteiger partial charge is 0.444 e. The van der Waals surface area contributed by atoms with Gasteiger partial charge in [-0.15, -0.1) is 4.68 Å². The Morgan fingerprint density at radius 1 is 0.975 bits per heavy atom. The van der Waals surface area contributed by atoms with Gasteiger partial charge in [-0.05, 0) is 86.0 Å². The molecule has 11 heteroatoms. The Labute approximate surface area is 236 Å². The molecular weight excluding hydrogens is 512 g/mol. The van der Waals surface area contributed by atoms with E-state index in [2.05, 4.69) is 25.7 Å². The molecule has 2 aliphatic rings. The number of ether oxygens (including phenoxy) is 3. The molecule has 0 atom stereocenters. The van der Waals surface area contributed by atoms with Crippen molar-refractivity contribution in [3.63, 3.8) is 0 Å². The Hall–Kier alpha value is -3.37. The minimum Gasteiger partial charge on any atom is -0.444 e. The minimum absolute atomic E-state index is 0.128. The number of amides is 1. The van der Waals surface area contributed by atoms with E-state index < -0.39 is 17.3 Å². The highest BCUT2D eigenvalue weighted by molar-refractivity contribution is 5.72. The highest BCUT2D eigenvalue weighted by Crippen LogP contribution is 2.36. The highest BCUT2D eigenvalue weighted by atomic mass is 16.6. The first-order chi connectivity index (χ1) is 18.8. The summed E-state index contributed by atoms with van der Waals surface area (Å²) in [6, 6.07) is 3.60. The standard InChI is InChI=1S/C29H44N6O5/c1-28(2,3)39-26(36)32-21-13-11-19(12-14-21)18-31-25-30-16-15-23(33-25)38-24-17-22(20-9-7-8-10-20)34-35(24)27(37)40-29(4,5)6/h15-17,19-21H,7-14,18H2,1-6H3,(H,32,36)(H,30,31,33). The molecule has 11 nitrogen and oxygen atoms in total. The normalized spacial score (nSPS) is 20.1. The van der Waals surface area contributed by atoms with E-state index in [1.54, 1.807) is 12.3 Å². The Morgan fingerprint density at radius 3 is 2.30 bits per heavy atom. The zero-order chi connectivity index (χ0) is 28.9. The van der Waals surface area contributed by atoms with Gasteiger partial charge in [0.2, 0.25) is 17.7 Å². The lowest BCUT2D eigenvalue weighted by atomic mass is 9.86. The lowest BCUT2D eigenvalue weighted by molar-refractivity contribution is 0.0481. The summed E-state index contributed by atoms with van der Waals surface area (Å²) < 4.78 is 18.2. The Bertz CT molecular complexity index is 1150. The van der Waals surface area contributed by atoms with Crippen molar-refractivity contribution in [2.24, 2.45) is 5.92 Å². The van der Waals surface area contributed by atoms with Gasteiger partial charge in [0.15, 0.2) is 0 Å². The van der Waals surface area contributed by atoms with Crippen LogP contribution >= 0.6 is 0 Å². The van der Waals surface area contributed by atoms with Gasteiger partial charge in [-0.3, -0.25) is 0 Å². The number of alkyl carbamates (subject to hydrolysis) is 1. The number of nitrogens with one attached hydrogen (secondary N) is 2. The maximum absolute atomic E-state index is 12.9. The van der Waals surface area contributed by atoms with E-state index in [0.717, 1.165) is 57.1 Å². The third-order valence-corrected chi connectivity index (χ3v) is 6.99. The van der Waals surface area contributed by atoms with Crippen LogP contribution in [-0.4, -0.2) is 55.7 Å². The zero-order valence-corrected chi connectivity index (χ0v) is 24.7. The van der Waals surface area contributed by atoms with Gasteiger partial charge < -0.3 is 24.8 Å². The Balaban J connectivity index is 1.34. The lowest BCUT2D eigenvalue weighted by Gasteiger charge is -2.30. The topological polar surface area (TPSA) is 129 Å². The molecule has 2 saturated carbocycles. The molecule has 0 saturated heterocycles. The lowest BCUT2D eigenvalue weighted by Crippen LogP contribution is -2.41. The van der Waals surface area contributed by atoms with Crippen molar-refractivity contribution in [1.82, 2.24) is 25.1 Å². The first-order valence-electron chi connectivity index (χ1n) is 14.4. The molecular formula is C29H44N6O5. The van der Waals surface area contributed by atoms with E-state index in [9.17, 15) is 9.59 Å². The first-order valence-corrected chi connectivity index (χ1v) is 14.4. The predicted molar refractivity (Wildman–Crippen MR) is 151 cm³/mol. The van der Waals surface area contributed by atoms with Gasteiger partial charge in [-0.2, -0.15) is 10.1 Å². The van der Waals surface area contributed by atoms with Gasteiger partial charge in [0.1, 0.15) is 11.2 Å². The number of carbonyl (C=O) groups excluding carboxylic acids is 2. The molecule has 0 aromatic carbocycles. The second kappa shape index (κ2) is 12.4. The summed E-state index contributed by atoms with van der Waals surface area (Å²) in [4.78, 5) is 33.8. The highest BCUT2D eigenvalue weighted by Gasteiger charge is 2.28. The summed E-state index contributed by atoms with van der Waals surface area (Å²) in [6.45, 7) is 11.8. The van der Waals surface area contributed by atoms with Gasteiger partial charge in [-0.1, -0.05) is 12.8 Å². The van der Waals surface area contributed by atoms with Crippen LogP contribution in [0.1, 0.15) is 105 Å². The van der Waals surface area contributed by atoms with E-state index in [0.29, 0.717) is 30.2 Å². The van der Waals surface area contributed by atoms with Crippen LogP contribution in [0.4, 0.5) is 15.5 Å². The molecule has 2 heterocycles. The molecule has 2 aromatic heterocycles. The molecule has 40 heavy (non-hydrogen) atoms. The van der Waals surface area contributed by atoms with Gasteiger partial charge >= 0.3 is 12.2 Å².